The first-order chi connectivity index (χ1) is 16.4. The summed E-state index contributed by atoms with van der Waals surface area (Å²) < 4.78 is 10.2. The van der Waals surface area contributed by atoms with Crippen molar-refractivity contribution in [3.05, 3.63) is 35.4 Å². The number of amides is 3. The van der Waals surface area contributed by atoms with Gasteiger partial charge in [0, 0.05) is 18.8 Å². The molecule has 1 aromatic carbocycles. The van der Waals surface area contributed by atoms with Gasteiger partial charge in [0.15, 0.2) is 0 Å². The molecule has 1 aromatic rings. The third kappa shape index (κ3) is 10.6. The fraction of sp³-hybridized carbons (Fsp3) is 0.600. The summed E-state index contributed by atoms with van der Waals surface area (Å²) in [5, 5.41) is 5.32. The molecule has 2 unspecified atom stereocenters. The number of aryl methyl sites for hydroxylation is 1. The number of benzene rings is 1. The zero-order chi connectivity index (χ0) is 26.6. The molecule has 10 heteroatoms. The van der Waals surface area contributed by atoms with Crippen LogP contribution in [0.5, 0.6) is 0 Å². The molecule has 0 aliphatic carbocycles. The molecule has 2 N–H and O–H groups in total. The largest absolute Gasteiger partial charge is 0.466 e. The number of rotatable bonds is 12. The molecule has 0 saturated carbocycles. The lowest BCUT2D eigenvalue weighted by atomic mass is 10.0. The van der Waals surface area contributed by atoms with Crippen molar-refractivity contribution < 1.29 is 28.7 Å². The SMILES string of the molecule is CCCN(C(=O)C(CS)NC(=O)OC(C)(C)C)C(C(=O)NCCC(=O)OCC)c1cccc(C)c1. The number of hydrogen-bond acceptors (Lipinski definition) is 7. The van der Waals surface area contributed by atoms with E-state index in [-0.39, 0.29) is 31.9 Å². The molecule has 0 saturated heterocycles. The first kappa shape index (κ1) is 30.3. The van der Waals surface area contributed by atoms with Crippen LogP contribution in [0.2, 0.25) is 0 Å². The third-order valence-electron chi connectivity index (χ3n) is 4.77. The minimum atomic E-state index is -1.00. The van der Waals surface area contributed by atoms with Crippen LogP contribution in [0.25, 0.3) is 0 Å². The van der Waals surface area contributed by atoms with Crippen molar-refractivity contribution in [2.45, 2.75) is 72.1 Å². The molecule has 0 aliphatic heterocycles. The van der Waals surface area contributed by atoms with Gasteiger partial charge in [-0.15, -0.1) is 0 Å². The molecular weight excluding hydrogens is 470 g/mol. The van der Waals surface area contributed by atoms with Crippen LogP contribution in [-0.4, -0.2) is 65.9 Å². The third-order valence-corrected chi connectivity index (χ3v) is 5.14. The van der Waals surface area contributed by atoms with E-state index < -0.39 is 41.6 Å². The second-order valence-corrected chi connectivity index (χ2v) is 9.44. The Labute approximate surface area is 213 Å². The van der Waals surface area contributed by atoms with Crippen LogP contribution in [0.4, 0.5) is 4.79 Å². The highest BCUT2D eigenvalue weighted by Gasteiger charge is 2.35. The Kier molecular flexibility index (Phi) is 12.6. The van der Waals surface area contributed by atoms with Crippen molar-refractivity contribution in [3.63, 3.8) is 0 Å². The zero-order valence-electron chi connectivity index (χ0n) is 21.6. The van der Waals surface area contributed by atoms with E-state index in [1.54, 1.807) is 33.8 Å². The van der Waals surface area contributed by atoms with E-state index in [9.17, 15) is 19.2 Å². The summed E-state index contributed by atoms with van der Waals surface area (Å²) in [6.07, 6.45) is -0.149. The lowest BCUT2D eigenvalue weighted by molar-refractivity contribution is -0.144. The molecule has 0 fully saturated rings. The Morgan fingerprint density at radius 2 is 1.83 bits per heavy atom. The van der Waals surface area contributed by atoms with Crippen molar-refractivity contribution in [3.8, 4) is 0 Å². The quantitative estimate of drug-likeness (QED) is 0.295. The van der Waals surface area contributed by atoms with Gasteiger partial charge in [0.25, 0.3) is 0 Å². The van der Waals surface area contributed by atoms with Gasteiger partial charge in [-0.05, 0) is 46.6 Å². The average molecular weight is 510 g/mol. The predicted molar refractivity (Wildman–Crippen MR) is 137 cm³/mol. The highest BCUT2D eigenvalue weighted by atomic mass is 32.1. The summed E-state index contributed by atoms with van der Waals surface area (Å²) in [6, 6.07) is 5.35. The summed E-state index contributed by atoms with van der Waals surface area (Å²) in [7, 11) is 0. The van der Waals surface area contributed by atoms with Crippen LogP contribution >= 0.6 is 12.6 Å². The maximum Gasteiger partial charge on any atom is 0.408 e. The van der Waals surface area contributed by atoms with Gasteiger partial charge < -0.3 is 25.0 Å². The number of alkyl carbamates (subject to hydrolysis) is 1. The lowest BCUT2D eigenvalue weighted by Gasteiger charge is -2.34. The number of ether oxygens (including phenoxy) is 2. The first-order valence-corrected chi connectivity index (χ1v) is 12.5. The second kappa shape index (κ2) is 14.6. The van der Waals surface area contributed by atoms with E-state index >= 15 is 0 Å². The second-order valence-electron chi connectivity index (χ2n) is 9.08. The van der Waals surface area contributed by atoms with Crippen molar-refractivity contribution in [1.82, 2.24) is 15.5 Å². The smallest absolute Gasteiger partial charge is 0.408 e. The van der Waals surface area contributed by atoms with Gasteiger partial charge in [-0.2, -0.15) is 12.6 Å². The molecule has 0 aromatic heterocycles. The number of nitrogens with one attached hydrogen (secondary N) is 2. The molecule has 0 heterocycles. The normalized spacial score (nSPS) is 12.8. The van der Waals surface area contributed by atoms with E-state index in [2.05, 4.69) is 23.3 Å². The minimum Gasteiger partial charge on any atom is -0.466 e. The first-order valence-electron chi connectivity index (χ1n) is 11.8. The van der Waals surface area contributed by atoms with Crippen LogP contribution in [0.3, 0.4) is 0 Å². The molecule has 0 aliphatic rings. The number of hydrogen-bond donors (Lipinski definition) is 3. The van der Waals surface area contributed by atoms with Crippen molar-refractivity contribution >= 4 is 36.5 Å². The number of esters is 1. The maximum absolute atomic E-state index is 13.6. The van der Waals surface area contributed by atoms with Gasteiger partial charge in [0.2, 0.25) is 11.8 Å². The van der Waals surface area contributed by atoms with E-state index in [0.717, 1.165) is 5.56 Å². The highest BCUT2D eigenvalue weighted by molar-refractivity contribution is 7.80. The zero-order valence-corrected chi connectivity index (χ0v) is 22.4. The van der Waals surface area contributed by atoms with Crippen molar-refractivity contribution in [1.29, 1.82) is 0 Å². The molecule has 35 heavy (non-hydrogen) atoms. The van der Waals surface area contributed by atoms with Gasteiger partial charge in [-0.1, -0.05) is 36.8 Å². The summed E-state index contributed by atoms with van der Waals surface area (Å²) in [5.41, 5.74) is 0.810. The van der Waals surface area contributed by atoms with E-state index in [1.165, 1.54) is 4.90 Å². The van der Waals surface area contributed by atoms with Crippen LogP contribution < -0.4 is 10.6 Å². The van der Waals surface area contributed by atoms with Crippen molar-refractivity contribution in [2.24, 2.45) is 0 Å². The Hall–Kier alpha value is -2.75. The van der Waals surface area contributed by atoms with Crippen LogP contribution in [-0.2, 0) is 23.9 Å². The molecule has 9 nitrogen and oxygen atoms in total. The maximum atomic E-state index is 13.6. The van der Waals surface area contributed by atoms with Crippen LogP contribution in [0.15, 0.2) is 24.3 Å². The van der Waals surface area contributed by atoms with E-state index in [0.29, 0.717) is 12.0 Å². The number of nitrogens with zero attached hydrogens (tertiary/aromatic N) is 1. The summed E-state index contributed by atoms with van der Waals surface area (Å²) in [4.78, 5) is 52.4. The highest BCUT2D eigenvalue weighted by Crippen LogP contribution is 2.24. The van der Waals surface area contributed by atoms with E-state index in [1.807, 2.05) is 32.0 Å². The Morgan fingerprint density at radius 3 is 2.37 bits per heavy atom. The molecule has 1 rings (SSSR count). The summed E-state index contributed by atoms with van der Waals surface area (Å²) in [5.74, 6) is -1.29. The minimum absolute atomic E-state index is 0.0152. The predicted octanol–water partition coefficient (Wildman–Crippen LogP) is 3.17. The fourth-order valence-electron chi connectivity index (χ4n) is 3.37. The molecule has 0 spiro atoms. The topological polar surface area (TPSA) is 114 Å². The number of carbonyl (C=O) groups is 4. The van der Waals surface area contributed by atoms with Gasteiger partial charge in [-0.25, -0.2) is 4.79 Å². The van der Waals surface area contributed by atoms with Crippen LogP contribution in [0, 0.1) is 6.92 Å². The fourth-order valence-corrected chi connectivity index (χ4v) is 3.62. The molecule has 3 amide bonds. The van der Waals surface area contributed by atoms with Gasteiger partial charge in [0.1, 0.15) is 17.7 Å². The molecule has 2 atom stereocenters. The molecule has 0 radical (unpaired) electrons. The summed E-state index contributed by atoms with van der Waals surface area (Å²) in [6.45, 7) is 11.3. The van der Waals surface area contributed by atoms with E-state index in [4.69, 9.17) is 9.47 Å². The monoisotopic (exact) mass is 509 g/mol. The standard InChI is InChI=1S/C25H39N3O6S/c1-7-14-28(23(31)19(16-35)27-24(32)34-25(4,5)6)21(18-11-9-10-17(3)15-18)22(30)26-13-12-20(29)33-8-2/h9-11,15,19,21,35H,7-8,12-14,16H2,1-6H3,(H,26,30)(H,27,32). The Balaban J connectivity index is 3.23. The van der Waals surface area contributed by atoms with Gasteiger partial charge in [-0.3, -0.25) is 14.4 Å². The Morgan fingerprint density at radius 1 is 1.14 bits per heavy atom. The Bertz CT molecular complexity index is 871. The summed E-state index contributed by atoms with van der Waals surface area (Å²) >= 11 is 4.26. The van der Waals surface area contributed by atoms with Crippen molar-refractivity contribution in [2.75, 3.05) is 25.4 Å². The molecule has 0 bridgehead atoms. The average Bonchev–Trinajstić information content (AvgIpc) is 2.75. The van der Waals surface area contributed by atoms with Gasteiger partial charge >= 0.3 is 12.1 Å². The number of thiol groups is 1. The molecular formula is C25H39N3O6S. The van der Waals surface area contributed by atoms with Crippen LogP contribution in [0.1, 0.15) is 64.6 Å². The lowest BCUT2D eigenvalue weighted by Crippen LogP contribution is -2.54. The molecule has 196 valence electrons. The number of carbonyl (C=O) groups excluding carboxylic acids is 4. The van der Waals surface area contributed by atoms with Gasteiger partial charge in [0.05, 0.1) is 13.0 Å².